The number of hydrogen-bond acceptors (Lipinski definition) is 15. The maximum atomic E-state index is 13.0. The number of nitrogen functional groups attached to an aromatic ring is 1. The number of amides is 2. The number of ether oxygens (including phenoxy) is 1. The predicted octanol–water partition coefficient (Wildman–Crippen LogP) is -1.07. The molecule has 4 heterocycles. The SMILES string of the molecule is CCOC(=O)Cn1c(S/C=C/C2=C(C(=O)O)N3C(=O)C(NC(=O)/C(=N\OC)c4csc(N)n4)C3SC2)n[nH]c(=O)c1=O. The molecule has 2 atom stereocenters. The Kier molecular flexibility index (Phi) is 9.48. The highest BCUT2D eigenvalue weighted by Gasteiger charge is 2.54. The van der Waals surface area contributed by atoms with Gasteiger partial charge in [0.05, 0.1) is 6.61 Å². The van der Waals surface area contributed by atoms with Crippen LogP contribution in [0.1, 0.15) is 12.6 Å². The van der Waals surface area contributed by atoms with Crippen LogP contribution in [0.5, 0.6) is 0 Å². The first-order valence-corrected chi connectivity index (χ1v) is 14.6. The van der Waals surface area contributed by atoms with E-state index in [4.69, 9.17) is 15.3 Å². The van der Waals surface area contributed by atoms with Crippen molar-refractivity contribution in [3.8, 4) is 0 Å². The number of aromatic nitrogens is 4. The van der Waals surface area contributed by atoms with E-state index < -0.39 is 52.8 Å². The summed E-state index contributed by atoms with van der Waals surface area (Å²) in [5.41, 5.74) is 3.49. The summed E-state index contributed by atoms with van der Waals surface area (Å²) < 4.78 is 5.66. The third kappa shape index (κ3) is 6.24. The number of aliphatic carboxylic acids is 1. The third-order valence-corrected chi connectivity index (χ3v) is 8.38. The largest absolute Gasteiger partial charge is 0.477 e. The maximum Gasteiger partial charge on any atom is 0.352 e. The first-order valence-electron chi connectivity index (χ1n) is 11.8. The van der Waals surface area contributed by atoms with Gasteiger partial charge in [0.1, 0.15) is 36.5 Å². The van der Waals surface area contributed by atoms with E-state index in [1.54, 1.807) is 6.92 Å². The Hall–Kier alpha value is -4.43. The number of thioether (sulfide) groups is 2. The van der Waals surface area contributed by atoms with Crippen LogP contribution in [0.3, 0.4) is 0 Å². The molecule has 17 nitrogen and oxygen atoms in total. The summed E-state index contributed by atoms with van der Waals surface area (Å²) >= 11 is 3.13. The Labute approximate surface area is 247 Å². The van der Waals surface area contributed by atoms with Crippen molar-refractivity contribution in [2.45, 2.75) is 30.0 Å². The molecule has 0 radical (unpaired) electrons. The lowest BCUT2D eigenvalue weighted by atomic mass is 10.0. The fourth-order valence-electron chi connectivity index (χ4n) is 3.83. The van der Waals surface area contributed by atoms with Gasteiger partial charge in [-0.1, -0.05) is 16.9 Å². The number of carbonyl (C=O) groups excluding carboxylic acids is 3. The van der Waals surface area contributed by atoms with Gasteiger partial charge in [-0.2, -0.15) is 0 Å². The average molecular weight is 639 g/mol. The second-order valence-electron chi connectivity index (χ2n) is 8.19. The van der Waals surface area contributed by atoms with E-state index in [1.165, 1.54) is 35.7 Å². The van der Waals surface area contributed by atoms with Crippen molar-refractivity contribution in [3.05, 3.63) is 54.5 Å². The van der Waals surface area contributed by atoms with Gasteiger partial charge in [-0.3, -0.25) is 33.4 Å². The predicted molar refractivity (Wildman–Crippen MR) is 151 cm³/mol. The molecule has 2 aromatic rings. The highest BCUT2D eigenvalue weighted by molar-refractivity contribution is 8.02. The van der Waals surface area contributed by atoms with Crippen molar-refractivity contribution >= 4 is 69.5 Å². The number of nitrogens with zero attached hydrogens (tertiary/aromatic N) is 5. The van der Waals surface area contributed by atoms with Crippen LogP contribution in [0.15, 0.2) is 48.0 Å². The van der Waals surface area contributed by atoms with Crippen LogP contribution < -0.4 is 22.2 Å². The van der Waals surface area contributed by atoms with Crippen LogP contribution in [0.4, 0.5) is 5.13 Å². The number of carboxylic acids is 1. The number of carbonyl (C=O) groups is 4. The number of allylic oxidation sites excluding steroid dienone is 1. The van der Waals surface area contributed by atoms with Crippen molar-refractivity contribution < 1.29 is 33.9 Å². The van der Waals surface area contributed by atoms with Gasteiger partial charge < -0.3 is 25.7 Å². The van der Waals surface area contributed by atoms with Crippen molar-refractivity contribution in [2.75, 3.05) is 25.2 Å². The van der Waals surface area contributed by atoms with E-state index in [0.29, 0.717) is 0 Å². The molecule has 4 rings (SSSR count). The molecule has 2 aliphatic heterocycles. The smallest absolute Gasteiger partial charge is 0.352 e. The van der Waals surface area contributed by atoms with Gasteiger partial charge >= 0.3 is 23.1 Å². The van der Waals surface area contributed by atoms with Gasteiger partial charge in [-0.15, -0.1) is 28.2 Å². The fourth-order valence-corrected chi connectivity index (χ4v) is 6.42. The molecule has 2 aliphatic rings. The molecule has 1 saturated heterocycles. The molecule has 42 heavy (non-hydrogen) atoms. The Balaban J connectivity index is 1.52. The number of aromatic amines is 1. The number of fused-ring (bicyclic) bond motifs is 1. The number of esters is 1. The number of thiazole rings is 1. The second kappa shape index (κ2) is 13.0. The Morgan fingerprint density at radius 1 is 1.36 bits per heavy atom. The minimum Gasteiger partial charge on any atom is -0.477 e. The van der Waals surface area contributed by atoms with E-state index in [9.17, 15) is 33.9 Å². The summed E-state index contributed by atoms with van der Waals surface area (Å²) in [5, 5.41) is 24.3. The van der Waals surface area contributed by atoms with Crippen LogP contribution in [-0.4, -0.2) is 90.1 Å². The number of β-lactam (4-membered cyclic amide) rings is 1. The lowest BCUT2D eigenvalue weighted by molar-refractivity contribution is -0.150. The fraction of sp³-hybridized carbons (Fsp3) is 0.318. The first-order chi connectivity index (χ1) is 20.1. The zero-order valence-corrected chi connectivity index (χ0v) is 24.2. The topological polar surface area (TPSA) is 241 Å². The van der Waals surface area contributed by atoms with Gasteiger partial charge in [-0.05, 0) is 24.0 Å². The summed E-state index contributed by atoms with van der Waals surface area (Å²) in [6.45, 7) is 1.10. The molecule has 0 saturated carbocycles. The van der Waals surface area contributed by atoms with Crippen molar-refractivity contribution in [3.63, 3.8) is 0 Å². The van der Waals surface area contributed by atoms with Crippen LogP contribution in [-0.2, 0) is 35.3 Å². The summed E-state index contributed by atoms with van der Waals surface area (Å²) in [4.78, 5) is 83.8. The van der Waals surface area contributed by atoms with Crippen LogP contribution in [0.2, 0.25) is 0 Å². The monoisotopic (exact) mass is 638 g/mol. The molecule has 0 spiro atoms. The lowest BCUT2D eigenvalue weighted by Gasteiger charge is -2.49. The number of nitrogens with two attached hydrogens (primary N) is 1. The summed E-state index contributed by atoms with van der Waals surface area (Å²) in [5.74, 6) is -3.39. The van der Waals surface area contributed by atoms with Gasteiger partial charge in [0, 0.05) is 11.1 Å². The standard InChI is InChI=1S/C22H22N8O9S3/c1-3-39-11(31)6-29-18(35)16(33)26-27-22(29)40-5-4-9-7-41-19-13(17(34)30(19)14(9)20(36)37)25-15(32)12(28-38-2)10-8-42-21(23)24-10/h4-5,8,13,19H,3,6-7H2,1-2H3,(H2,23,24)(H,25,32)(H,26,33)(H,36,37)/b5-4+,28-12-. The molecule has 0 aromatic carbocycles. The minimum atomic E-state index is -1.37. The van der Waals surface area contributed by atoms with Crippen LogP contribution in [0, 0.1) is 0 Å². The number of rotatable bonds is 11. The van der Waals surface area contributed by atoms with Crippen molar-refractivity contribution in [2.24, 2.45) is 5.16 Å². The number of H-pyrrole nitrogens is 1. The Bertz CT molecular complexity index is 1640. The molecule has 0 bridgehead atoms. The highest BCUT2D eigenvalue weighted by atomic mass is 32.2. The third-order valence-electron chi connectivity index (χ3n) is 5.61. The zero-order valence-electron chi connectivity index (χ0n) is 21.8. The number of carboxylic acid groups (broad SMARTS) is 1. The maximum absolute atomic E-state index is 13.0. The van der Waals surface area contributed by atoms with Gasteiger partial charge in [0.15, 0.2) is 16.0 Å². The zero-order chi connectivity index (χ0) is 30.6. The van der Waals surface area contributed by atoms with Crippen LogP contribution >= 0.6 is 34.9 Å². The Morgan fingerprint density at radius 2 is 2.12 bits per heavy atom. The number of nitrogens with one attached hydrogen (secondary N) is 2. The molecule has 2 amide bonds. The van der Waals surface area contributed by atoms with E-state index in [2.05, 4.69) is 20.6 Å². The molecule has 2 unspecified atom stereocenters. The normalized spacial score (nSPS) is 18.5. The van der Waals surface area contributed by atoms with E-state index in [-0.39, 0.29) is 45.3 Å². The first kappa shape index (κ1) is 30.5. The highest BCUT2D eigenvalue weighted by Crippen LogP contribution is 2.41. The lowest BCUT2D eigenvalue weighted by Crippen LogP contribution is -2.71. The molecule has 1 fully saturated rings. The average Bonchev–Trinajstić information content (AvgIpc) is 3.39. The minimum absolute atomic E-state index is 0.0547. The van der Waals surface area contributed by atoms with Crippen molar-refractivity contribution in [1.82, 2.24) is 30.0 Å². The van der Waals surface area contributed by atoms with E-state index >= 15 is 0 Å². The van der Waals surface area contributed by atoms with Crippen LogP contribution in [0.25, 0.3) is 0 Å². The molecule has 5 N–H and O–H groups in total. The summed E-state index contributed by atoms with van der Waals surface area (Å²) in [7, 11) is 1.24. The second-order valence-corrected chi connectivity index (χ2v) is 11.1. The number of oxime groups is 1. The number of hydrogen-bond donors (Lipinski definition) is 4. The molecular weight excluding hydrogens is 616 g/mol. The molecule has 222 valence electrons. The number of anilines is 1. The quantitative estimate of drug-likeness (QED) is 0.0572. The van der Waals surface area contributed by atoms with Gasteiger partial charge in [0.2, 0.25) is 0 Å². The van der Waals surface area contributed by atoms with Gasteiger partial charge in [-0.25, -0.2) is 14.9 Å². The molecular formula is C22H22N8O9S3. The molecule has 0 aliphatic carbocycles. The summed E-state index contributed by atoms with van der Waals surface area (Å²) in [6, 6.07) is -1.04. The Morgan fingerprint density at radius 3 is 2.76 bits per heavy atom. The van der Waals surface area contributed by atoms with Crippen molar-refractivity contribution in [1.29, 1.82) is 0 Å². The van der Waals surface area contributed by atoms with E-state index in [0.717, 1.165) is 32.6 Å². The molecule has 20 heteroatoms. The van der Waals surface area contributed by atoms with E-state index in [1.807, 2.05) is 5.10 Å². The summed E-state index contributed by atoms with van der Waals surface area (Å²) in [6.07, 6.45) is 1.42. The molecule has 2 aromatic heterocycles. The van der Waals surface area contributed by atoms with Gasteiger partial charge in [0.25, 0.3) is 11.8 Å².